The second kappa shape index (κ2) is 5.90. The lowest BCUT2D eigenvalue weighted by atomic mass is 10.1. The summed E-state index contributed by atoms with van der Waals surface area (Å²) in [7, 11) is 0. The fourth-order valence-corrected chi connectivity index (χ4v) is 2.39. The van der Waals surface area contributed by atoms with Crippen LogP contribution < -0.4 is 5.32 Å². The Labute approximate surface area is 119 Å². The number of carbonyl (C=O) groups excluding carboxylic acids is 1. The van der Waals surface area contributed by atoms with Gasteiger partial charge < -0.3 is 5.32 Å². The predicted octanol–water partition coefficient (Wildman–Crippen LogP) is 3.21. The quantitative estimate of drug-likeness (QED) is 0.897. The minimum atomic E-state index is 0.0439. The third-order valence-electron chi connectivity index (χ3n) is 3.63. The van der Waals surface area contributed by atoms with Crippen molar-refractivity contribution in [2.45, 2.75) is 40.5 Å². The molecular formula is C16H21N3O. The maximum absolute atomic E-state index is 12.1. The Morgan fingerprint density at radius 1 is 1.20 bits per heavy atom. The predicted molar refractivity (Wildman–Crippen MR) is 80.9 cm³/mol. The van der Waals surface area contributed by atoms with E-state index in [1.54, 1.807) is 0 Å². The van der Waals surface area contributed by atoms with Crippen molar-refractivity contribution in [3.05, 3.63) is 46.3 Å². The number of hydrogen-bond donors (Lipinski definition) is 2. The van der Waals surface area contributed by atoms with Crippen LogP contribution in [0, 0.1) is 27.7 Å². The van der Waals surface area contributed by atoms with Gasteiger partial charge in [0.15, 0.2) is 0 Å². The second-order valence-electron chi connectivity index (χ2n) is 5.23. The zero-order valence-corrected chi connectivity index (χ0v) is 12.5. The molecule has 0 spiro atoms. The molecule has 0 aliphatic rings. The Morgan fingerprint density at radius 3 is 2.40 bits per heavy atom. The van der Waals surface area contributed by atoms with Crippen LogP contribution in [0.15, 0.2) is 18.2 Å². The molecule has 2 aromatic rings. The molecule has 0 aliphatic heterocycles. The number of nitrogens with one attached hydrogen (secondary N) is 2. The number of H-pyrrole nitrogens is 1. The van der Waals surface area contributed by atoms with Crippen LogP contribution in [0.5, 0.6) is 0 Å². The van der Waals surface area contributed by atoms with Gasteiger partial charge in [-0.05, 0) is 50.8 Å². The van der Waals surface area contributed by atoms with Crippen LogP contribution in [-0.4, -0.2) is 16.1 Å². The summed E-state index contributed by atoms with van der Waals surface area (Å²) >= 11 is 0. The number of aryl methyl sites for hydroxylation is 4. The Hall–Kier alpha value is -2.10. The zero-order chi connectivity index (χ0) is 14.7. The number of aromatic amines is 1. The molecule has 1 aromatic carbocycles. The molecule has 106 valence electrons. The summed E-state index contributed by atoms with van der Waals surface area (Å²) in [6.45, 7) is 7.96. The van der Waals surface area contributed by atoms with Gasteiger partial charge in [-0.2, -0.15) is 5.10 Å². The van der Waals surface area contributed by atoms with Gasteiger partial charge in [-0.1, -0.05) is 18.2 Å². The Kier molecular flexibility index (Phi) is 4.23. The SMILES string of the molecule is Cc1cccc(C)c1NC(=O)CCc1c(C)n[nH]c1C. The van der Waals surface area contributed by atoms with Crippen LogP contribution in [0.2, 0.25) is 0 Å². The van der Waals surface area contributed by atoms with Crippen LogP contribution in [0.1, 0.15) is 34.5 Å². The number of nitrogens with zero attached hydrogens (tertiary/aromatic N) is 1. The fraction of sp³-hybridized carbons (Fsp3) is 0.375. The van der Waals surface area contributed by atoms with Crippen molar-refractivity contribution in [2.75, 3.05) is 5.32 Å². The highest BCUT2D eigenvalue weighted by Gasteiger charge is 2.11. The van der Waals surface area contributed by atoms with Crippen LogP contribution in [-0.2, 0) is 11.2 Å². The third-order valence-corrected chi connectivity index (χ3v) is 3.63. The number of hydrogen-bond acceptors (Lipinski definition) is 2. The van der Waals surface area contributed by atoms with E-state index in [0.717, 1.165) is 33.8 Å². The molecule has 20 heavy (non-hydrogen) atoms. The van der Waals surface area contributed by atoms with Gasteiger partial charge in [0.25, 0.3) is 0 Å². The molecule has 1 heterocycles. The van der Waals surface area contributed by atoms with Crippen molar-refractivity contribution in [1.82, 2.24) is 10.2 Å². The van der Waals surface area contributed by atoms with E-state index in [1.165, 1.54) is 0 Å². The maximum Gasteiger partial charge on any atom is 0.224 e. The van der Waals surface area contributed by atoms with Gasteiger partial charge >= 0.3 is 0 Å². The van der Waals surface area contributed by atoms with Crippen LogP contribution in [0.25, 0.3) is 0 Å². The van der Waals surface area contributed by atoms with E-state index in [2.05, 4.69) is 15.5 Å². The summed E-state index contributed by atoms with van der Waals surface area (Å²) < 4.78 is 0. The largest absolute Gasteiger partial charge is 0.326 e. The van der Waals surface area contributed by atoms with Crippen molar-refractivity contribution in [1.29, 1.82) is 0 Å². The minimum absolute atomic E-state index is 0.0439. The van der Waals surface area contributed by atoms with Crippen molar-refractivity contribution in [3.63, 3.8) is 0 Å². The Bertz CT molecular complexity index is 589. The van der Waals surface area contributed by atoms with Crippen molar-refractivity contribution in [2.24, 2.45) is 0 Å². The molecule has 0 saturated carbocycles. The Balaban J connectivity index is 2.00. The van der Waals surface area contributed by atoms with Gasteiger partial charge in [0.1, 0.15) is 0 Å². The lowest BCUT2D eigenvalue weighted by Gasteiger charge is -2.11. The van der Waals surface area contributed by atoms with Gasteiger partial charge in [-0.3, -0.25) is 9.89 Å². The highest BCUT2D eigenvalue weighted by molar-refractivity contribution is 5.92. The normalized spacial score (nSPS) is 10.6. The van der Waals surface area contributed by atoms with Crippen LogP contribution >= 0.6 is 0 Å². The average Bonchev–Trinajstić information content (AvgIpc) is 2.71. The molecule has 0 unspecified atom stereocenters. The van der Waals surface area contributed by atoms with E-state index in [1.807, 2.05) is 45.9 Å². The molecule has 0 atom stereocenters. The van der Waals surface area contributed by atoms with Crippen LogP contribution in [0.4, 0.5) is 5.69 Å². The van der Waals surface area contributed by atoms with Gasteiger partial charge in [-0.25, -0.2) is 0 Å². The summed E-state index contributed by atoms with van der Waals surface area (Å²) in [5, 5.41) is 10.1. The first-order valence-corrected chi connectivity index (χ1v) is 6.85. The maximum atomic E-state index is 12.1. The van der Waals surface area contributed by atoms with Gasteiger partial charge in [0.2, 0.25) is 5.91 Å². The molecular weight excluding hydrogens is 250 g/mol. The van der Waals surface area contributed by atoms with Crippen molar-refractivity contribution in [3.8, 4) is 0 Å². The van der Waals surface area contributed by atoms with E-state index < -0.39 is 0 Å². The Morgan fingerprint density at radius 2 is 1.85 bits per heavy atom. The molecule has 0 bridgehead atoms. The van der Waals surface area contributed by atoms with Gasteiger partial charge in [-0.15, -0.1) is 0 Å². The minimum Gasteiger partial charge on any atom is -0.326 e. The van der Waals surface area contributed by atoms with E-state index >= 15 is 0 Å². The van der Waals surface area contributed by atoms with E-state index in [0.29, 0.717) is 12.8 Å². The van der Waals surface area contributed by atoms with E-state index in [4.69, 9.17) is 0 Å². The third kappa shape index (κ3) is 3.07. The number of amides is 1. The molecule has 0 fully saturated rings. The summed E-state index contributed by atoms with van der Waals surface area (Å²) in [4.78, 5) is 12.1. The van der Waals surface area contributed by atoms with E-state index in [9.17, 15) is 4.79 Å². The standard InChI is InChI=1S/C16H21N3O/c1-10-6-5-7-11(2)16(10)17-15(20)9-8-14-12(3)18-19-13(14)4/h5-7H,8-9H2,1-4H3,(H,17,20)(H,18,19). The van der Waals surface area contributed by atoms with Gasteiger partial charge in [0, 0.05) is 17.8 Å². The number of aromatic nitrogens is 2. The molecule has 2 N–H and O–H groups in total. The highest BCUT2D eigenvalue weighted by atomic mass is 16.1. The first-order valence-electron chi connectivity index (χ1n) is 6.85. The fourth-order valence-electron chi connectivity index (χ4n) is 2.39. The van der Waals surface area contributed by atoms with Crippen molar-refractivity contribution < 1.29 is 4.79 Å². The van der Waals surface area contributed by atoms with Crippen LogP contribution in [0.3, 0.4) is 0 Å². The lowest BCUT2D eigenvalue weighted by Crippen LogP contribution is -2.14. The molecule has 0 radical (unpaired) electrons. The van der Waals surface area contributed by atoms with E-state index in [-0.39, 0.29) is 5.91 Å². The average molecular weight is 271 g/mol. The summed E-state index contributed by atoms with van der Waals surface area (Å²) in [6.07, 6.45) is 1.18. The number of benzene rings is 1. The number of rotatable bonds is 4. The topological polar surface area (TPSA) is 57.8 Å². The number of para-hydroxylation sites is 1. The summed E-state index contributed by atoms with van der Waals surface area (Å²) in [5.41, 5.74) is 6.27. The van der Waals surface area contributed by atoms with Gasteiger partial charge in [0.05, 0.1) is 5.69 Å². The lowest BCUT2D eigenvalue weighted by molar-refractivity contribution is -0.116. The molecule has 2 rings (SSSR count). The number of anilines is 1. The molecule has 0 aliphatic carbocycles. The molecule has 1 amide bonds. The number of carbonyl (C=O) groups is 1. The molecule has 1 aromatic heterocycles. The van der Waals surface area contributed by atoms with Crippen molar-refractivity contribution >= 4 is 11.6 Å². The highest BCUT2D eigenvalue weighted by Crippen LogP contribution is 2.20. The summed E-state index contributed by atoms with van der Waals surface area (Å²) in [6, 6.07) is 6.01. The first kappa shape index (κ1) is 14.3. The smallest absolute Gasteiger partial charge is 0.224 e. The first-order chi connectivity index (χ1) is 9.49. The second-order valence-corrected chi connectivity index (χ2v) is 5.23. The molecule has 4 nitrogen and oxygen atoms in total. The summed E-state index contributed by atoms with van der Waals surface area (Å²) in [5.74, 6) is 0.0439. The zero-order valence-electron chi connectivity index (χ0n) is 12.5. The monoisotopic (exact) mass is 271 g/mol. The molecule has 0 saturated heterocycles. The molecule has 4 heteroatoms.